The van der Waals surface area contributed by atoms with E-state index >= 15 is 0 Å². The topological polar surface area (TPSA) is 65.2 Å². The largest absolute Gasteiger partial charge is 0.321 e. The predicted octanol–water partition coefficient (Wildman–Crippen LogP) is 3.30. The Bertz CT molecular complexity index is 684. The average Bonchev–Trinajstić information content (AvgIpc) is 2.55. The maximum absolute atomic E-state index is 12.2. The summed E-state index contributed by atoms with van der Waals surface area (Å²) < 4.78 is 0. The minimum Gasteiger partial charge on any atom is -0.310 e. The Kier molecular flexibility index (Phi) is 5.35. The number of hydrogen-bond donors (Lipinski definition) is 4. The first kappa shape index (κ1) is 16.8. The van der Waals surface area contributed by atoms with Gasteiger partial charge in [-0.2, -0.15) is 0 Å². The molecule has 3 unspecified atom stereocenters. The van der Waals surface area contributed by atoms with Crippen molar-refractivity contribution in [2.24, 2.45) is 0 Å². The Balaban J connectivity index is 1.62. The molecule has 0 saturated carbocycles. The fourth-order valence-electron chi connectivity index (χ4n) is 2.75. The Labute approximate surface area is 146 Å². The van der Waals surface area contributed by atoms with Crippen LogP contribution in [0.2, 0.25) is 0 Å². The summed E-state index contributed by atoms with van der Waals surface area (Å²) in [4.78, 5) is 12.2. The summed E-state index contributed by atoms with van der Waals surface area (Å²) in [6.45, 7) is 2.03. The monoisotopic (exact) mass is 344 g/mol. The average molecular weight is 345 g/mol. The Morgan fingerprint density at radius 2 is 1.83 bits per heavy atom. The normalized spacial score (nSPS) is 23.5. The van der Waals surface area contributed by atoms with E-state index in [9.17, 15) is 4.79 Å². The molecule has 2 amide bonds. The highest BCUT2D eigenvalue weighted by molar-refractivity contribution is 6.20. The molecule has 1 aliphatic heterocycles. The molecule has 0 radical (unpaired) electrons. The van der Waals surface area contributed by atoms with Crippen LogP contribution in [0.5, 0.6) is 0 Å². The third kappa shape index (κ3) is 4.47. The van der Waals surface area contributed by atoms with Crippen molar-refractivity contribution in [3.05, 3.63) is 54.6 Å². The van der Waals surface area contributed by atoms with Crippen LogP contribution < -0.4 is 21.3 Å². The summed E-state index contributed by atoms with van der Waals surface area (Å²) in [6, 6.07) is 17.7. The lowest BCUT2D eigenvalue weighted by atomic mass is 10.1. The second kappa shape index (κ2) is 7.66. The summed E-state index contributed by atoms with van der Waals surface area (Å²) in [5.74, 6) is 0. The van der Waals surface area contributed by atoms with Crippen LogP contribution in [0.4, 0.5) is 10.5 Å². The summed E-state index contributed by atoms with van der Waals surface area (Å²) in [6.07, 6.45) is 0.453. The molecule has 4 N–H and O–H groups in total. The first-order chi connectivity index (χ1) is 11.6. The number of carbonyl (C=O) groups excluding carboxylic acids is 1. The fourth-order valence-corrected chi connectivity index (χ4v) is 3.14. The molecular weight excluding hydrogens is 324 g/mol. The van der Waals surface area contributed by atoms with E-state index in [0.29, 0.717) is 0 Å². The molecule has 1 heterocycles. The third-order valence-corrected chi connectivity index (χ3v) is 4.17. The highest BCUT2D eigenvalue weighted by atomic mass is 35.5. The molecule has 0 spiro atoms. The summed E-state index contributed by atoms with van der Waals surface area (Å²) in [5, 5.41) is 12.0. The molecule has 2 aromatic rings. The molecule has 0 bridgehead atoms. The van der Waals surface area contributed by atoms with Gasteiger partial charge in [-0.25, -0.2) is 4.79 Å². The van der Waals surface area contributed by atoms with E-state index in [2.05, 4.69) is 21.3 Å². The Morgan fingerprint density at radius 1 is 1.08 bits per heavy atom. The zero-order chi connectivity index (χ0) is 16.9. The molecule has 24 heavy (non-hydrogen) atoms. The van der Waals surface area contributed by atoms with Gasteiger partial charge in [0.15, 0.2) is 0 Å². The van der Waals surface area contributed by atoms with E-state index in [1.54, 1.807) is 0 Å². The molecule has 2 aromatic carbocycles. The lowest BCUT2D eigenvalue weighted by Crippen LogP contribution is -2.63. The van der Waals surface area contributed by atoms with E-state index in [-0.39, 0.29) is 23.9 Å². The van der Waals surface area contributed by atoms with Gasteiger partial charge in [0, 0.05) is 11.7 Å². The van der Waals surface area contributed by atoms with E-state index in [1.165, 1.54) is 0 Å². The number of halogens is 1. The van der Waals surface area contributed by atoms with Crippen LogP contribution in [0.3, 0.4) is 0 Å². The van der Waals surface area contributed by atoms with Crippen molar-refractivity contribution < 1.29 is 4.79 Å². The van der Waals surface area contributed by atoms with E-state index in [1.807, 2.05) is 61.5 Å². The Morgan fingerprint density at radius 3 is 2.58 bits per heavy atom. The minimum atomic E-state index is -0.353. The van der Waals surface area contributed by atoms with E-state index in [0.717, 1.165) is 23.2 Å². The number of rotatable bonds is 3. The first-order valence-electron chi connectivity index (χ1n) is 7.99. The molecule has 3 atom stereocenters. The zero-order valence-corrected chi connectivity index (χ0v) is 14.2. The van der Waals surface area contributed by atoms with Gasteiger partial charge in [0.1, 0.15) is 6.29 Å². The number of nitrogens with one attached hydrogen (secondary N) is 4. The summed E-state index contributed by atoms with van der Waals surface area (Å²) in [5.41, 5.74) is 2.74. The quantitative estimate of drug-likeness (QED) is 0.510. The minimum absolute atomic E-state index is 0.159. The molecule has 1 saturated heterocycles. The van der Waals surface area contributed by atoms with Crippen LogP contribution in [0, 0.1) is 0 Å². The standard InChI is InChI=1S/C18H21ClN4O/c1-12-10-16(19)22-17(20-12)23-18(24)21-15-9-5-8-14(11-15)13-6-3-2-4-7-13/h2-9,11-12,16-17,20,22H,10H2,1H3,(H2,21,23,24). The van der Waals surface area contributed by atoms with Crippen molar-refractivity contribution in [1.29, 1.82) is 0 Å². The number of hydrogen-bond acceptors (Lipinski definition) is 3. The Hall–Kier alpha value is -2.08. The lowest BCUT2D eigenvalue weighted by molar-refractivity contribution is 0.225. The van der Waals surface area contributed by atoms with Gasteiger partial charge in [-0.15, -0.1) is 11.6 Å². The van der Waals surface area contributed by atoms with Crippen LogP contribution in [0.1, 0.15) is 13.3 Å². The molecule has 1 aliphatic rings. The van der Waals surface area contributed by atoms with Crippen molar-refractivity contribution in [2.45, 2.75) is 31.2 Å². The number of alkyl halides is 1. The maximum Gasteiger partial charge on any atom is 0.321 e. The van der Waals surface area contributed by atoms with Gasteiger partial charge in [0.05, 0.1) is 5.50 Å². The zero-order valence-electron chi connectivity index (χ0n) is 13.4. The molecule has 1 fully saturated rings. The summed E-state index contributed by atoms with van der Waals surface area (Å²) in [7, 11) is 0. The first-order valence-corrected chi connectivity index (χ1v) is 8.43. The van der Waals surface area contributed by atoms with E-state index < -0.39 is 0 Å². The van der Waals surface area contributed by atoms with Crippen molar-refractivity contribution in [3.63, 3.8) is 0 Å². The van der Waals surface area contributed by atoms with Crippen molar-refractivity contribution in [2.75, 3.05) is 5.32 Å². The van der Waals surface area contributed by atoms with Crippen LogP contribution in [-0.2, 0) is 0 Å². The van der Waals surface area contributed by atoms with Gasteiger partial charge in [-0.05, 0) is 36.6 Å². The summed E-state index contributed by atoms with van der Waals surface area (Å²) >= 11 is 6.12. The van der Waals surface area contributed by atoms with Crippen LogP contribution in [-0.4, -0.2) is 23.9 Å². The van der Waals surface area contributed by atoms with Gasteiger partial charge in [0.25, 0.3) is 0 Å². The number of carbonyl (C=O) groups is 1. The van der Waals surface area contributed by atoms with Crippen molar-refractivity contribution >= 4 is 23.3 Å². The molecule has 0 aromatic heterocycles. The predicted molar refractivity (Wildman–Crippen MR) is 97.8 cm³/mol. The lowest BCUT2D eigenvalue weighted by Gasteiger charge is -2.33. The number of anilines is 1. The molecule has 5 nitrogen and oxygen atoms in total. The van der Waals surface area contributed by atoms with Gasteiger partial charge < -0.3 is 10.6 Å². The maximum atomic E-state index is 12.2. The molecule has 0 aliphatic carbocycles. The van der Waals surface area contributed by atoms with Crippen LogP contribution in [0.15, 0.2) is 54.6 Å². The second-order valence-corrected chi connectivity index (χ2v) is 6.44. The SMILES string of the molecule is CC1CC(Cl)NC(NC(=O)Nc2cccc(-c3ccccc3)c2)N1. The van der Waals surface area contributed by atoms with Gasteiger partial charge in [-0.3, -0.25) is 10.6 Å². The fraction of sp³-hybridized carbons (Fsp3) is 0.278. The van der Waals surface area contributed by atoms with E-state index in [4.69, 9.17) is 11.6 Å². The molecular formula is C18H21ClN4O. The van der Waals surface area contributed by atoms with Crippen molar-refractivity contribution in [3.8, 4) is 11.1 Å². The smallest absolute Gasteiger partial charge is 0.310 e. The number of urea groups is 1. The van der Waals surface area contributed by atoms with Crippen molar-refractivity contribution in [1.82, 2.24) is 16.0 Å². The second-order valence-electron chi connectivity index (χ2n) is 5.92. The van der Waals surface area contributed by atoms with Gasteiger partial charge >= 0.3 is 6.03 Å². The number of amides is 2. The molecule has 126 valence electrons. The van der Waals surface area contributed by atoms with Gasteiger partial charge in [-0.1, -0.05) is 42.5 Å². The number of benzene rings is 2. The highest BCUT2D eigenvalue weighted by Gasteiger charge is 2.24. The van der Waals surface area contributed by atoms with Crippen LogP contribution in [0.25, 0.3) is 11.1 Å². The molecule has 6 heteroatoms. The third-order valence-electron chi connectivity index (χ3n) is 3.86. The van der Waals surface area contributed by atoms with Crippen LogP contribution >= 0.6 is 11.6 Å². The van der Waals surface area contributed by atoms with Gasteiger partial charge in [0.2, 0.25) is 0 Å². The highest BCUT2D eigenvalue weighted by Crippen LogP contribution is 2.22. The molecule has 3 rings (SSSR count).